The van der Waals surface area contributed by atoms with Gasteiger partial charge in [-0.1, -0.05) is 30.3 Å². The van der Waals surface area contributed by atoms with Crippen LogP contribution in [0.1, 0.15) is 12.0 Å². The van der Waals surface area contributed by atoms with Crippen LogP contribution in [-0.2, 0) is 10.5 Å². The molecular weight excluding hydrogens is 354 g/mol. The molecule has 1 saturated heterocycles. The standard InChI is InChI=1S/C20H22F2N2OS/c21-17-6-2-1-5-16(17)15-26-14-9-20(25)24-12-10-23(11-13-24)19-8-4-3-7-18(19)22/h1-8H,9-15H2. The number of thioether (sulfide) groups is 1. The SMILES string of the molecule is O=C(CCSCc1ccccc1F)N1CCN(c2ccccc2F)CC1. The molecule has 0 saturated carbocycles. The van der Waals surface area contributed by atoms with E-state index in [9.17, 15) is 13.6 Å². The Hall–Kier alpha value is -2.08. The first-order valence-corrected chi connectivity index (χ1v) is 9.89. The molecule has 1 aliphatic rings. The lowest BCUT2D eigenvalue weighted by atomic mass is 10.2. The lowest BCUT2D eigenvalue weighted by molar-refractivity contribution is -0.131. The second-order valence-corrected chi connectivity index (χ2v) is 7.32. The monoisotopic (exact) mass is 376 g/mol. The van der Waals surface area contributed by atoms with Gasteiger partial charge < -0.3 is 9.80 Å². The van der Waals surface area contributed by atoms with E-state index in [0.717, 1.165) is 0 Å². The molecule has 2 aromatic rings. The fraction of sp³-hybridized carbons (Fsp3) is 0.350. The van der Waals surface area contributed by atoms with E-state index >= 15 is 0 Å². The molecule has 0 bridgehead atoms. The Labute approximate surface area is 157 Å². The highest BCUT2D eigenvalue weighted by Crippen LogP contribution is 2.21. The molecule has 0 N–H and O–H groups in total. The number of piperazine rings is 1. The Morgan fingerprint density at radius 2 is 1.58 bits per heavy atom. The van der Waals surface area contributed by atoms with Crippen LogP contribution in [-0.4, -0.2) is 42.7 Å². The molecule has 0 radical (unpaired) electrons. The summed E-state index contributed by atoms with van der Waals surface area (Å²) in [6.07, 6.45) is 0.443. The third kappa shape index (κ3) is 4.75. The smallest absolute Gasteiger partial charge is 0.223 e. The number of rotatable bonds is 6. The van der Waals surface area contributed by atoms with Crippen molar-refractivity contribution in [1.82, 2.24) is 4.90 Å². The average Bonchev–Trinajstić information content (AvgIpc) is 2.67. The van der Waals surface area contributed by atoms with Crippen LogP contribution >= 0.6 is 11.8 Å². The summed E-state index contributed by atoms with van der Waals surface area (Å²) < 4.78 is 27.4. The van der Waals surface area contributed by atoms with Gasteiger partial charge in [-0.15, -0.1) is 0 Å². The van der Waals surface area contributed by atoms with E-state index in [-0.39, 0.29) is 17.5 Å². The lowest BCUT2D eigenvalue weighted by Gasteiger charge is -2.36. The first kappa shape index (κ1) is 18.7. The van der Waals surface area contributed by atoms with Gasteiger partial charge in [0.15, 0.2) is 0 Å². The maximum atomic E-state index is 13.9. The number of anilines is 1. The van der Waals surface area contributed by atoms with E-state index < -0.39 is 0 Å². The highest BCUT2D eigenvalue weighted by atomic mass is 32.2. The highest BCUT2D eigenvalue weighted by Gasteiger charge is 2.22. The molecule has 1 aliphatic heterocycles. The van der Waals surface area contributed by atoms with Crippen LogP contribution in [0.2, 0.25) is 0 Å². The van der Waals surface area contributed by atoms with Crippen molar-refractivity contribution in [2.75, 3.05) is 36.8 Å². The molecule has 0 aliphatic carbocycles. The van der Waals surface area contributed by atoms with Crippen molar-refractivity contribution < 1.29 is 13.6 Å². The number of nitrogens with zero attached hydrogens (tertiary/aromatic N) is 2. The minimum absolute atomic E-state index is 0.110. The third-order valence-electron chi connectivity index (χ3n) is 4.50. The van der Waals surface area contributed by atoms with E-state index in [2.05, 4.69) is 0 Å². The molecule has 1 fully saturated rings. The van der Waals surface area contributed by atoms with E-state index in [0.29, 0.717) is 55.4 Å². The van der Waals surface area contributed by atoms with Crippen LogP contribution in [0.5, 0.6) is 0 Å². The molecule has 26 heavy (non-hydrogen) atoms. The zero-order chi connectivity index (χ0) is 18.4. The summed E-state index contributed by atoms with van der Waals surface area (Å²) in [5, 5.41) is 0. The Morgan fingerprint density at radius 3 is 2.27 bits per heavy atom. The van der Waals surface area contributed by atoms with Gasteiger partial charge in [-0.2, -0.15) is 11.8 Å². The summed E-state index contributed by atoms with van der Waals surface area (Å²) in [5.74, 6) is 0.925. The summed E-state index contributed by atoms with van der Waals surface area (Å²) in [4.78, 5) is 16.1. The van der Waals surface area contributed by atoms with Crippen LogP contribution < -0.4 is 4.90 Å². The van der Waals surface area contributed by atoms with Crippen LogP contribution in [0.15, 0.2) is 48.5 Å². The normalized spacial score (nSPS) is 14.5. The Kier molecular flexibility index (Phi) is 6.50. The van der Waals surface area contributed by atoms with Gasteiger partial charge in [-0.25, -0.2) is 8.78 Å². The first-order valence-electron chi connectivity index (χ1n) is 8.73. The molecule has 0 spiro atoms. The summed E-state index contributed by atoms with van der Waals surface area (Å²) >= 11 is 1.56. The number of carbonyl (C=O) groups excluding carboxylic acids is 1. The Bertz CT molecular complexity index is 748. The minimum Gasteiger partial charge on any atom is -0.366 e. The maximum absolute atomic E-state index is 13.9. The Morgan fingerprint density at radius 1 is 0.923 bits per heavy atom. The van der Waals surface area contributed by atoms with Gasteiger partial charge in [0.2, 0.25) is 5.91 Å². The van der Waals surface area contributed by atoms with Crippen molar-refractivity contribution in [2.24, 2.45) is 0 Å². The molecule has 138 valence electrons. The van der Waals surface area contributed by atoms with Gasteiger partial charge in [0.25, 0.3) is 0 Å². The molecule has 0 unspecified atom stereocenters. The van der Waals surface area contributed by atoms with Gasteiger partial charge in [0, 0.05) is 44.1 Å². The van der Waals surface area contributed by atoms with Gasteiger partial charge in [0.1, 0.15) is 11.6 Å². The van der Waals surface area contributed by atoms with E-state index in [4.69, 9.17) is 0 Å². The lowest BCUT2D eigenvalue weighted by Crippen LogP contribution is -2.49. The van der Waals surface area contributed by atoms with Crippen molar-refractivity contribution in [3.05, 3.63) is 65.7 Å². The van der Waals surface area contributed by atoms with Crippen LogP contribution in [0.4, 0.5) is 14.5 Å². The zero-order valence-electron chi connectivity index (χ0n) is 14.5. The molecule has 1 heterocycles. The van der Waals surface area contributed by atoms with Crippen molar-refractivity contribution in [2.45, 2.75) is 12.2 Å². The maximum Gasteiger partial charge on any atom is 0.223 e. The third-order valence-corrected chi connectivity index (χ3v) is 5.51. The van der Waals surface area contributed by atoms with E-state index in [1.54, 1.807) is 36.0 Å². The van der Waals surface area contributed by atoms with E-state index in [1.807, 2.05) is 21.9 Å². The molecule has 3 rings (SSSR count). The number of halogens is 2. The van der Waals surface area contributed by atoms with Crippen LogP contribution in [0, 0.1) is 11.6 Å². The van der Waals surface area contributed by atoms with Crippen molar-refractivity contribution in [3.8, 4) is 0 Å². The molecule has 0 atom stereocenters. The summed E-state index contributed by atoms with van der Waals surface area (Å²) in [7, 11) is 0. The average molecular weight is 376 g/mol. The van der Waals surface area contributed by atoms with Crippen molar-refractivity contribution in [3.63, 3.8) is 0 Å². The number of benzene rings is 2. The predicted molar refractivity (Wildman–Crippen MR) is 102 cm³/mol. The topological polar surface area (TPSA) is 23.6 Å². The molecular formula is C20H22F2N2OS. The second-order valence-electron chi connectivity index (χ2n) is 6.21. The largest absolute Gasteiger partial charge is 0.366 e. The van der Waals surface area contributed by atoms with Crippen LogP contribution in [0.3, 0.4) is 0 Å². The minimum atomic E-state index is -0.225. The fourth-order valence-electron chi connectivity index (χ4n) is 3.02. The molecule has 0 aromatic heterocycles. The molecule has 3 nitrogen and oxygen atoms in total. The van der Waals surface area contributed by atoms with Gasteiger partial charge in [-0.05, 0) is 23.8 Å². The van der Waals surface area contributed by atoms with Gasteiger partial charge >= 0.3 is 0 Å². The quantitative estimate of drug-likeness (QED) is 0.714. The number of carbonyl (C=O) groups is 1. The van der Waals surface area contributed by atoms with Crippen molar-refractivity contribution >= 4 is 23.4 Å². The number of hydrogen-bond acceptors (Lipinski definition) is 3. The summed E-state index contributed by atoms with van der Waals surface area (Å²) in [6.45, 7) is 2.47. The predicted octanol–water partition coefficient (Wildman–Crippen LogP) is 3.94. The van der Waals surface area contributed by atoms with E-state index in [1.165, 1.54) is 12.1 Å². The zero-order valence-corrected chi connectivity index (χ0v) is 15.4. The van der Waals surface area contributed by atoms with Crippen molar-refractivity contribution in [1.29, 1.82) is 0 Å². The first-order chi connectivity index (χ1) is 12.6. The molecule has 1 amide bonds. The summed E-state index contributed by atoms with van der Waals surface area (Å²) in [5.41, 5.74) is 1.27. The second kappa shape index (κ2) is 9.03. The molecule has 2 aromatic carbocycles. The number of para-hydroxylation sites is 1. The molecule has 6 heteroatoms. The Balaban J connectivity index is 1.40. The summed E-state index contributed by atoms with van der Waals surface area (Å²) in [6, 6.07) is 13.4. The fourth-order valence-corrected chi connectivity index (χ4v) is 3.94. The van der Waals surface area contributed by atoms with Crippen LogP contribution in [0.25, 0.3) is 0 Å². The highest BCUT2D eigenvalue weighted by molar-refractivity contribution is 7.98. The van der Waals surface area contributed by atoms with Gasteiger partial charge in [-0.3, -0.25) is 4.79 Å². The van der Waals surface area contributed by atoms with Gasteiger partial charge in [0.05, 0.1) is 5.69 Å². The number of hydrogen-bond donors (Lipinski definition) is 0. The number of amides is 1.